The zero-order valence-corrected chi connectivity index (χ0v) is 12.4. The molecule has 2 saturated carbocycles. The summed E-state index contributed by atoms with van der Waals surface area (Å²) in [5, 5.41) is 6.66. The lowest BCUT2D eigenvalue weighted by molar-refractivity contribution is 0.132. The van der Waals surface area contributed by atoms with E-state index in [-0.39, 0.29) is 12.1 Å². The fourth-order valence-electron chi connectivity index (χ4n) is 2.92. The molecule has 0 aromatic heterocycles. The van der Waals surface area contributed by atoms with E-state index in [2.05, 4.69) is 10.6 Å². The van der Waals surface area contributed by atoms with Gasteiger partial charge in [0.25, 0.3) is 0 Å². The number of benzene rings is 1. The average molecular weight is 288 g/mol. The van der Waals surface area contributed by atoms with Crippen LogP contribution < -0.4 is 10.6 Å². The highest BCUT2D eigenvalue weighted by Gasteiger charge is 2.28. The molecule has 1 aromatic carbocycles. The molecule has 0 spiro atoms. The summed E-state index contributed by atoms with van der Waals surface area (Å²) in [6, 6.07) is 11.5. The summed E-state index contributed by atoms with van der Waals surface area (Å²) < 4.78 is 5.27. The number of carbonyl (C=O) groups is 1. The van der Waals surface area contributed by atoms with E-state index in [0.717, 1.165) is 37.3 Å². The van der Waals surface area contributed by atoms with E-state index < -0.39 is 0 Å². The second-order valence-corrected chi connectivity index (χ2v) is 6.20. The van der Waals surface area contributed by atoms with E-state index in [4.69, 9.17) is 4.74 Å². The van der Waals surface area contributed by atoms with Gasteiger partial charge < -0.3 is 15.4 Å². The van der Waals surface area contributed by atoms with Gasteiger partial charge in [-0.1, -0.05) is 30.3 Å². The van der Waals surface area contributed by atoms with Crippen molar-refractivity contribution in [3.8, 4) is 0 Å². The van der Waals surface area contributed by atoms with Crippen LogP contribution in [0.25, 0.3) is 0 Å². The van der Waals surface area contributed by atoms with Gasteiger partial charge in [0.1, 0.15) is 6.61 Å². The van der Waals surface area contributed by atoms with Crippen LogP contribution >= 0.6 is 0 Å². The van der Waals surface area contributed by atoms with Crippen molar-refractivity contribution in [2.24, 2.45) is 0 Å². The molecule has 4 heteroatoms. The molecular weight excluding hydrogens is 264 g/mol. The lowest BCUT2D eigenvalue weighted by atomic mass is 9.91. The Bertz CT molecular complexity index is 451. The molecule has 1 aromatic rings. The van der Waals surface area contributed by atoms with Gasteiger partial charge in [-0.15, -0.1) is 0 Å². The first kappa shape index (κ1) is 14.4. The fourth-order valence-corrected chi connectivity index (χ4v) is 2.92. The van der Waals surface area contributed by atoms with E-state index in [1.54, 1.807) is 0 Å². The second kappa shape index (κ2) is 6.94. The zero-order valence-electron chi connectivity index (χ0n) is 12.4. The Morgan fingerprint density at radius 1 is 0.952 bits per heavy atom. The van der Waals surface area contributed by atoms with Crippen molar-refractivity contribution in [1.29, 1.82) is 0 Å². The summed E-state index contributed by atoms with van der Waals surface area (Å²) >= 11 is 0. The molecule has 2 N–H and O–H groups in total. The molecule has 0 radical (unpaired) electrons. The summed E-state index contributed by atoms with van der Waals surface area (Å²) in [7, 11) is 0. The molecule has 4 nitrogen and oxygen atoms in total. The first-order valence-electron chi connectivity index (χ1n) is 8.03. The summed E-state index contributed by atoms with van der Waals surface area (Å²) in [5.41, 5.74) is 1.02. The molecule has 2 aliphatic rings. The van der Waals surface area contributed by atoms with Crippen LogP contribution in [0.15, 0.2) is 30.3 Å². The molecule has 0 aliphatic heterocycles. The number of hydrogen-bond donors (Lipinski definition) is 2. The third-order valence-corrected chi connectivity index (χ3v) is 4.31. The fraction of sp³-hybridized carbons (Fsp3) is 0.588. The van der Waals surface area contributed by atoms with Gasteiger partial charge in [0, 0.05) is 18.1 Å². The average Bonchev–Trinajstić information content (AvgIpc) is 3.32. The predicted octanol–water partition coefficient (Wildman–Crippen LogP) is 2.98. The third kappa shape index (κ3) is 4.74. The van der Waals surface area contributed by atoms with Crippen LogP contribution in [-0.2, 0) is 11.3 Å². The molecule has 0 saturated heterocycles. The number of carbonyl (C=O) groups excluding carboxylic acids is 1. The van der Waals surface area contributed by atoms with Gasteiger partial charge in [0.2, 0.25) is 0 Å². The smallest absolute Gasteiger partial charge is 0.407 e. The predicted molar refractivity (Wildman–Crippen MR) is 82.0 cm³/mol. The number of alkyl carbamates (subject to hydrolysis) is 1. The molecule has 0 unspecified atom stereocenters. The van der Waals surface area contributed by atoms with Crippen LogP contribution in [0.3, 0.4) is 0 Å². The van der Waals surface area contributed by atoms with Crippen molar-refractivity contribution in [2.45, 2.75) is 63.3 Å². The Hall–Kier alpha value is -1.55. The number of nitrogens with one attached hydrogen (secondary N) is 2. The minimum Gasteiger partial charge on any atom is -0.445 e. The quantitative estimate of drug-likeness (QED) is 0.876. The Balaban J connectivity index is 1.33. The summed E-state index contributed by atoms with van der Waals surface area (Å²) in [6.07, 6.45) is 6.78. The molecule has 0 bridgehead atoms. The van der Waals surface area contributed by atoms with Crippen LogP contribution in [0.2, 0.25) is 0 Å². The van der Waals surface area contributed by atoms with Crippen LogP contribution in [-0.4, -0.2) is 24.2 Å². The first-order valence-corrected chi connectivity index (χ1v) is 8.03. The summed E-state index contributed by atoms with van der Waals surface area (Å²) in [5.74, 6) is 0. The normalized spacial score (nSPS) is 25.3. The Labute approximate surface area is 126 Å². The lowest BCUT2D eigenvalue weighted by Gasteiger charge is -2.29. The van der Waals surface area contributed by atoms with E-state index in [0.29, 0.717) is 12.6 Å². The van der Waals surface area contributed by atoms with Crippen molar-refractivity contribution in [1.82, 2.24) is 10.6 Å². The first-order chi connectivity index (χ1) is 10.3. The van der Waals surface area contributed by atoms with E-state index >= 15 is 0 Å². The molecule has 1 amide bonds. The van der Waals surface area contributed by atoms with Gasteiger partial charge in [0.05, 0.1) is 0 Å². The molecule has 2 fully saturated rings. The molecule has 114 valence electrons. The van der Waals surface area contributed by atoms with E-state index in [1.807, 2.05) is 30.3 Å². The minimum atomic E-state index is -0.294. The summed E-state index contributed by atoms with van der Waals surface area (Å²) in [4.78, 5) is 11.8. The Morgan fingerprint density at radius 2 is 1.52 bits per heavy atom. The van der Waals surface area contributed by atoms with Gasteiger partial charge in [-0.25, -0.2) is 4.79 Å². The van der Waals surface area contributed by atoms with Crippen molar-refractivity contribution < 1.29 is 9.53 Å². The zero-order chi connectivity index (χ0) is 14.5. The van der Waals surface area contributed by atoms with E-state index in [1.165, 1.54) is 12.8 Å². The SMILES string of the molecule is O=C(NC1CCC(NC2CC2)CC1)OCc1ccccc1. The molecule has 3 rings (SSSR count). The van der Waals surface area contributed by atoms with Crippen molar-refractivity contribution in [3.05, 3.63) is 35.9 Å². The molecule has 21 heavy (non-hydrogen) atoms. The highest BCUT2D eigenvalue weighted by atomic mass is 16.5. The highest BCUT2D eigenvalue weighted by Crippen LogP contribution is 2.25. The maximum absolute atomic E-state index is 11.8. The lowest BCUT2D eigenvalue weighted by Crippen LogP contribution is -2.42. The topological polar surface area (TPSA) is 50.4 Å². The second-order valence-electron chi connectivity index (χ2n) is 6.20. The van der Waals surface area contributed by atoms with Crippen LogP contribution in [0.1, 0.15) is 44.1 Å². The van der Waals surface area contributed by atoms with Crippen molar-refractivity contribution in [2.75, 3.05) is 0 Å². The molecule has 0 heterocycles. The molecule has 2 aliphatic carbocycles. The summed E-state index contributed by atoms with van der Waals surface area (Å²) in [6.45, 7) is 0.339. The largest absolute Gasteiger partial charge is 0.445 e. The number of amides is 1. The molecule has 0 atom stereocenters. The van der Waals surface area contributed by atoms with Crippen LogP contribution in [0.4, 0.5) is 4.79 Å². The van der Waals surface area contributed by atoms with Crippen LogP contribution in [0.5, 0.6) is 0 Å². The third-order valence-electron chi connectivity index (χ3n) is 4.31. The number of ether oxygens (including phenoxy) is 1. The van der Waals surface area contributed by atoms with E-state index in [9.17, 15) is 4.79 Å². The van der Waals surface area contributed by atoms with Gasteiger partial charge in [0.15, 0.2) is 0 Å². The van der Waals surface area contributed by atoms with Gasteiger partial charge in [-0.3, -0.25) is 0 Å². The Kier molecular flexibility index (Phi) is 4.76. The van der Waals surface area contributed by atoms with Crippen LogP contribution in [0, 0.1) is 0 Å². The van der Waals surface area contributed by atoms with Gasteiger partial charge in [-0.2, -0.15) is 0 Å². The van der Waals surface area contributed by atoms with Gasteiger partial charge >= 0.3 is 6.09 Å². The maximum atomic E-state index is 11.8. The standard InChI is InChI=1S/C17H24N2O2/c20-17(21-12-13-4-2-1-3-5-13)19-16-10-8-15(9-11-16)18-14-6-7-14/h1-5,14-16,18H,6-12H2,(H,19,20). The van der Waals surface area contributed by atoms with Crippen molar-refractivity contribution in [3.63, 3.8) is 0 Å². The maximum Gasteiger partial charge on any atom is 0.407 e. The number of hydrogen-bond acceptors (Lipinski definition) is 3. The monoisotopic (exact) mass is 288 g/mol. The highest BCUT2D eigenvalue weighted by molar-refractivity contribution is 5.67. The van der Waals surface area contributed by atoms with Crippen molar-refractivity contribution >= 4 is 6.09 Å². The minimum absolute atomic E-state index is 0.269. The Morgan fingerprint density at radius 3 is 2.14 bits per heavy atom. The molecular formula is C17H24N2O2. The number of rotatable bonds is 5. The van der Waals surface area contributed by atoms with Gasteiger partial charge in [-0.05, 0) is 44.1 Å².